The Morgan fingerprint density at radius 2 is 1.46 bits per heavy atom. The molecule has 0 N–H and O–H groups in total. The van der Waals surface area contributed by atoms with E-state index in [0.717, 1.165) is 40.3 Å². The molecule has 2 aliphatic rings. The Bertz CT molecular complexity index is 2240. The molecular weight excluding hydrogens is 850 g/mol. The molecule has 14 nitrogen and oxygen atoms in total. The van der Waals surface area contributed by atoms with Crippen LogP contribution in [-0.4, -0.2) is 73.8 Å². The van der Waals surface area contributed by atoms with Crippen LogP contribution in [0.2, 0.25) is 0 Å². The predicted octanol–water partition coefficient (Wildman–Crippen LogP) is -4.40. The minimum Gasteiger partial charge on any atom is -0.748 e. The van der Waals surface area contributed by atoms with E-state index >= 15 is 0 Å². The number of nitrogens with zero attached hydrogens (tertiary/aromatic N) is 2. The molecule has 57 heavy (non-hydrogen) atoms. The number of anilines is 1. The Balaban J connectivity index is 0.00000541. The first-order chi connectivity index (χ1) is 25.1. The van der Waals surface area contributed by atoms with Crippen LogP contribution in [0.5, 0.6) is 0 Å². The van der Waals surface area contributed by atoms with E-state index in [9.17, 15) is 44.2 Å². The van der Waals surface area contributed by atoms with Crippen molar-refractivity contribution in [3.63, 3.8) is 0 Å². The summed E-state index contributed by atoms with van der Waals surface area (Å²) >= 11 is 0.779. The van der Waals surface area contributed by atoms with Gasteiger partial charge in [0.05, 0.1) is 42.6 Å². The molecule has 2 aromatic rings. The maximum atomic E-state index is 11.8. The van der Waals surface area contributed by atoms with Gasteiger partial charge < -0.3 is 23.8 Å². The SMILES string of the molecule is CC(C=C/C=C1/N(CCCCS(=O)(=O)[O-])c2ccc(S(=O)(=O)[O-])cc2C1(C)C)=CC=CC1=[N+](CCCCS(=O)(=O)[O-])c2ccc(SOO[O-])cc2C1(C)C.[Na+].[Na+].[Na+]. The monoisotopic (exact) mass is 892 g/mol. The Morgan fingerprint density at radius 3 is 2.05 bits per heavy atom. The number of allylic oxidation sites excluding steroid dienone is 8. The maximum Gasteiger partial charge on any atom is 1.00 e. The Hall–Kier alpha value is -0.170. The summed E-state index contributed by atoms with van der Waals surface area (Å²) in [7, 11) is -13.4. The molecule has 2 aliphatic heterocycles. The zero-order valence-electron chi connectivity index (χ0n) is 33.5. The summed E-state index contributed by atoms with van der Waals surface area (Å²) in [5.74, 6) is -0.954. The van der Waals surface area contributed by atoms with E-state index in [2.05, 4.69) is 13.9 Å². The molecule has 0 fully saturated rings. The van der Waals surface area contributed by atoms with Crippen molar-refractivity contribution in [3.8, 4) is 0 Å². The normalized spacial score (nSPS) is 17.1. The van der Waals surface area contributed by atoms with Crippen molar-refractivity contribution in [1.82, 2.24) is 0 Å². The predicted molar refractivity (Wildman–Crippen MR) is 200 cm³/mol. The second kappa shape index (κ2) is 22.8. The molecule has 0 unspecified atom stereocenters. The van der Waals surface area contributed by atoms with Crippen molar-refractivity contribution < 1.29 is 147 Å². The summed E-state index contributed by atoms with van der Waals surface area (Å²) in [5.41, 5.74) is 4.49. The van der Waals surface area contributed by atoms with Gasteiger partial charge in [0.25, 0.3) is 0 Å². The number of rotatable bonds is 18. The first-order valence-electron chi connectivity index (χ1n) is 17.0. The average molecular weight is 893 g/mol. The van der Waals surface area contributed by atoms with Crippen LogP contribution >= 0.6 is 12.0 Å². The van der Waals surface area contributed by atoms with Gasteiger partial charge in [0.15, 0.2) is 5.71 Å². The van der Waals surface area contributed by atoms with Gasteiger partial charge in [0.1, 0.15) is 16.7 Å². The summed E-state index contributed by atoms with van der Waals surface area (Å²) in [6.07, 6.45) is 12.5. The van der Waals surface area contributed by atoms with Crippen molar-refractivity contribution in [2.24, 2.45) is 0 Å². The summed E-state index contributed by atoms with van der Waals surface area (Å²) in [6.45, 7) is 10.6. The van der Waals surface area contributed by atoms with Crippen LogP contribution in [0.4, 0.5) is 11.4 Å². The molecule has 0 amide bonds. The summed E-state index contributed by atoms with van der Waals surface area (Å²) < 4.78 is 109. The third-order valence-corrected chi connectivity index (χ3v) is 12.4. The summed E-state index contributed by atoms with van der Waals surface area (Å²) in [6, 6.07) is 9.74. The standard InChI is InChI=1S/C36H46N2O12S4.3Na/c1-26(12-10-14-33-35(2,3)29-24-27(51-50-49-39)16-18-31(29)37(33)20-6-8-22-52(40,41)42)13-11-15-34-36(4,5)30-25-28(54(46,47)48)17-19-32(30)38(34)21-7-9-23-53(43,44)45;;;/h10-19,24-25H,6-9,20-23H2,1-5H3,(H3-,39,40,41,42,43,44,45,46,47,48);;;/q;3*+1/p-3. The van der Waals surface area contributed by atoms with Gasteiger partial charge in [-0.1, -0.05) is 43.7 Å². The molecule has 296 valence electrons. The van der Waals surface area contributed by atoms with Gasteiger partial charge in [-0.25, -0.2) is 25.3 Å². The zero-order valence-corrected chi connectivity index (χ0v) is 42.8. The van der Waals surface area contributed by atoms with Gasteiger partial charge in [-0.2, -0.15) is 8.91 Å². The second-order valence-corrected chi connectivity index (χ2v) is 19.3. The van der Waals surface area contributed by atoms with E-state index < -0.39 is 52.7 Å². The van der Waals surface area contributed by atoms with Gasteiger partial charge in [-0.3, -0.25) is 5.04 Å². The van der Waals surface area contributed by atoms with Crippen LogP contribution in [0.1, 0.15) is 71.4 Å². The second-order valence-electron chi connectivity index (χ2n) is 14.1. The number of fused-ring (bicyclic) bond motifs is 2. The minimum atomic E-state index is -4.71. The van der Waals surface area contributed by atoms with E-state index in [4.69, 9.17) is 0 Å². The molecule has 0 bridgehead atoms. The van der Waals surface area contributed by atoms with E-state index in [1.54, 1.807) is 12.1 Å². The summed E-state index contributed by atoms with van der Waals surface area (Å²) in [5, 5.41) is 13.9. The third kappa shape index (κ3) is 15.0. The van der Waals surface area contributed by atoms with Crippen LogP contribution in [0.15, 0.2) is 93.9 Å². The van der Waals surface area contributed by atoms with Crippen LogP contribution < -0.4 is 98.8 Å². The van der Waals surface area contributed by atoms with E-state index in [1.807, 2.05) is 88.1 Å². The summed E-state index contributed by atoms with van der Waals surface area (Å²) in [4.78, 5) is 2.24. The third-order valence-electron chi connectivity index (χ3n) is 9.45. The Labute approximate surface area is 407 Å². The molecule has 0 aromatic heterocycles. The number of unbranched alkanes of at least 4 members (excludes halogenated alkanes) is 2. The molecule has 4 rings (SSSR count). The largest absolute Gasteiger partial charge is 1.00 e. The molecule has 21 heteroatoms. The maximum absolute atomic E-state index is 11.8. The molecule has 2 aromatic carbocycles. The van der Waals surface area contributed by atoms with E-state index in [-0.39, 0.29) is 106 Å². The molecule has 0 atom stereocenters. The average Bonchev–Trinajstić information content (AvgIpc) is 3.40. The van der Waals surface area contributed by atoms with Crippen molar-refractivity contribution in [2.45, 2.75) is 80.9 Å². The van der Waals surface area contributed by atoms with E-state index in [0.29, 0.717) is 42.1 Å². The van der Waals surface area contributed by atoms with Gasteiger partial charge >= 0.3 is 88.7 Å². The Kier molecular flexibility index (Phi) is 21.9. The Morgan fingerprint density at radius 1 is 0.825 bits per heavy atom. The molecule has 0 spiro atoms. The van der Waals surface area contributed by atoms with Gasteiger partial charge in [0.2, 0.25) is 5.69 Å². The fourth-order valence-corrected chi connectivity index (χ4v) is 8.79. The molecule has 0 saturated heterocycles. The zero-order chi connectivity index (χ0) is 40.1. The van der Waals surface area contributed by atoms with Crippen LogP contribution in [0, 0.1) is 0 Å². The molecule has 0 radical (unpaired) electrons. The van der Waals surface area contributed by atoms with Crippen molar-refractivity contribution >= 4 is 59.5 Å². The van der Waals surface area contributed by atoms with Crippen LogP contribution in [-0.2, 0) is 50.6 Å². The number of hydrogen-bond donors (Lipinski definition) is 0. The van der Waals surface area contributed by atoms with Gasteiger partial charge in [-0.15, -0.1) is 0 Å². The topological polar surface area (TPSA) is 219 Å². The first-order valence-corrected chi connectivity index (χ1v) is 22.3. The fourth-order valence-electron chi connectivity index (χ4n) is 6.79. The van der Waals surface area contributed by atoms with Crippen molar-refractivity contribution in [2.75, 3.05) is 29.5 Å². The molecular formula is C36H43N2Na3O12S4. The van der Waals surface area contributed by atoms with Crippen LogP contribution in [0.3, 0.4) is 0 Å². The number of benzene rings is 2. The smallest absolute Gasteiger partial charge is 0.748 e. The first kappa shape index (κ1) is 54.8. The number of hydrogen-bond acceptors (Lipinski definition) is 14. The minimum absolute atomic E-state index is 0. The van der Waals surface area contributed by atoms with Crippen molar-refractivity contribution in [1.29, 1.82) is 0 Å². The van der Waals surface area contributed by atoms with Gasteiger partial charge in [-0.05, 0) is 82.0 Å². The molecule has 2 heterocycles. The molecule has 0 aliphatic carbocycles. The fraction of sp³-hybridized carbons (Fsp3) is 0.417. The quantitative estimate of drug-likeness (QED) is 0.0202. The molecule has 0 saturated carbocycles. The van der Waals surface area contributed by atoms with Crippen LogP contribution in [0.25, 0.3) is 0 Å². The van der Waals surface area contributed by atoms with Gasteiger partial charge in [0, 0.05) is 63.9 Å². The van der Waals surface area contributed by atoms with Crippen molar-refractivity contribution in [3.05, 3.63) is 95.3 Å². The van der Waals surface area contributed by atoms with E-state index in [1.165, 1.54) is 12.1 Å².